The molecule has 1 heterocycles. The first kappa shape index (κ1) is 14.6. The van der Waals surface area contributed by atoms with Crippen LogP contribution in [0.25, 0.3) is 0 Å². The van der Waals surface area contributed by atoms with Crippen LogP contribution in [-0.2, 0) is 6.42 Å². The van der Waals surface area contributed by atoms with Crippen LogP contribution in [0.5, 0.6) is 0 Å². The molecular formula is C18H17N3S. The zero-order valence-corrected chi connectivity index (χ0v) is 13.0. The molecule has 2 aromatic rings. The molecule has 0 saturated carbocycles. The van der Waals surface area contributed by atoms with Gasteiger partial charge in [-0.05, 0) is 29.9 Å². The summed E-state index contributed by atoms with van der Waals surface area (Å²) in [5.41, 5.74) is 1.69. The molecule has 0 amide bonds. The number of hydrogen-bond acceptors (Lipinski definition) is 2. The number of rotatable bonds is 5. The van der Waals surface area contributed by atoms with Crippen molar-refractivity contribution in [2.24, 2.45) is 10.2 Å². The van der Waals surface area contributed by atoms with Crippen molar-refractivity contribution in [3.8, 4) is 0 Å². The molecule has 0 saturated heterocycles. The molecule has 0 N–H and O–H groups in total. The van der Waals surface area contributed by atoms with Gasteiger partial charge in [0.2, 0.25) is 5.11 Å². The van der Waals surface area contributed by atoms with Crippen LogP contribution in [0.4, 0.5) is 5.69 Å². The molecule has 1 aliphatic heterocycles. The third-order valence-corrected chi connectivity index (χ3v) is 4.01. The minimum Gasteiger partial charge on any atom is -0.288 e. The van der Waals surface area contributed by atoms with E-state index in [-0.39, 0.29) is 0 Å². The molecule has 3 rings (SSSR count). The van der Waals surface area contributed by atoms with Crippen molar-refractivity contribution < 1.29 is 0 Å². The Hall–Kier alpha value is -2.33. The maximum absolute atomic E-state index is 5.43. The Bertz CT molecular complexity index is 697. The molecule has 0 aliphatic carbocycles. The smallest absolute Gasteiger partial charge is 0.222 e. The second kappa shape index (κ2) is 6.20. The summed E-state index contributed by atoms with van der Waals surface area (Å²) < 4.78 is 0. The average Bonchev–Trinajstić information content (AvgIpc) is 2.86. The highest BCUT2D eigenvalue weighted by molar-refractivity contribution is 7.80. The highest BCUT2D eigenvalue weighted by atomic mass is 32.1. The van der Waals surface area contributed by atoms with E-state index in [2.05, 4.69) is 28.9 Å². The molecule has 110 valence electrons. The van der Waals surface area contributed by atoms with E-state index in [9.17, 15) is 0 Å². The first-order valence-corrected chi connectivity index (χ1v) is 7.63. The Morgan fingerprint density at radius 2 is 1.68 bits per heavy atom. The first-order valence-electron chi connectivity index (χ1n) is 7.22. The molecule has 0 spiro atoms. The number of nitrogens with zero attached hydrogens (tertiary/aromatic N) is 3. The van der Waals surface area contributed by atoms with E-state index in [1.807, 2.05) is 59.5 Å². The molecule has 4 heteroatoms. The van der Waals surface area contributed by atoms with Crippen LogP contribution in [0.2, 0.25) is 0 Å². The molecule has 0 radical (unpaired) electrons. The molecule has 2 aromatic carbocycles. The lowest BCUT2D eigenvalue weighted by atomic mass is 9.95. The van der Waals surface area contributed by atoms with Gasteiger partial charge >= 0.3 is 0 Å². The summed E-state index contributed by atoms with van der Waals surface area (Å²) in [6.45, 7) is 3.89. The molecule has 1 aliphatic rings. The van der Waals surface area contributed by atoms with E-state index in [1.54, 1.807) is 0 Å². The van der Waals surface area contributed by atoms with Crippen LogP contribution in [0.1, 0.15) is 12.0 Å². The fourth-order valence-corrected chi connectivity index (χ4v) is 3.12. The van der Waals surface area contributed by atoms with Gasteiger partial charge in [0, 0.05) is 18.5 Å². The Morgan fingerprint density at radius 3 is 2.32 bits per heavy atom. The quantitative estimate of drug-likeness (QED) is 0.588. The molecule has 0 fully saturated rings. The van der Waals surface area contributed by atoms with E-state index in [0.717, 1.165) is 12.1 Å². The molecule has 1 unspecified atom stereocenters. The van der Waals surface area contributed by atoms with E-state index in [1.165, 1.54) is 5.56 Å². The zero-order chi connectivity index (χ0) is 15.4. The van der Waals surface area contributed by atoms with Gasteiger partial charge < -0.3 is 0 Å². The topological polar surface area (TPSA) is 28.0 Å². The van der Waals surface area contributed by atoms with Crippen LogP contribution in [0.3, 0.4) is 0 Å². The van der Waals surface area contributed by atoms with Gasteiger partial charge in [0.25, 0.3) is 0 Å². The van der Waals surface area contributed by atoms with Crippen LogP contribution < -0.4 is 4.90 Å². The Morgan fingerprint density at radius 1 is 1.05 bits per heavy atom. The largest absolute Gasteiger partial charge is 0.288 e. The summed E-state index contributed by atoms with van der Waals surface area (Å²) >= 11 is 5.43. The average molecular weight is 307 g/mol. The van der Waals surface area contributed by atoms with Crippen LogP contribution in [-0.4, -0.2) is 10.8 Å². The highest BCUT2D eigenvalue weighted by Gasteiger charge is 2.43. The van der Waals surface area contributed by atoms with Crippen LogP contribution in [0.15, 0.2) is 83.5 Å². The monoisotopic (exact) mass is 307 g/mol. The maximum Gasteiger partial charge on any atom is 0.222 e. The Balaban J connectivity index is 2.02. The van der Waals surface area contributed by atoms with Gasteiger partial charge in [-0.2, -0.15) is 5.11 Å². The summed E-state index contributed by atoms with van der Waals surface area (Å²) in [5.74, 6) is 0. The number of anilines is 1. The zero-order valence-electron chi connectivity index (χ0n) is 12.2. The summed E-state index contributed by atoms with van der Waals surface area (Å²) in [5, 5.41) is 9.23. The van der Waals surface area contributed by atoms with Crippen LogP contribution >= 0.6 is 12.2 Å². The minimum absolute atomic E-state index is 0.504. The third-order valence-electron chi connectivity index (χ3n) is 3.74. The van der Waals surface area contributed by atoms with E-state index in [0.29, 0.717) is 11.5 Å². The molecular weight excluding hydrogens is 290 g/mol. The van der Waals surface area contributed by atoms with Gasteiger partial charge in [-0.15, -0.1) is 11.7 Å². The van der Waals surface area contributed by atoms with Crippen LogP contribution in [0, 0.1) is 0 Å². The third kappa shape index (κ3) is 2.70. The SMILES string of the molecule is C=CCC1(Cc2ccccc2)N=NC(=S)N1c1ccccc1. The van der Waals surface area contributed by atoms with Gasteiger partial charge in [0.15, 0.2) is 5.66 Å². The van der Waals surface area contributed by atoms with E-state index in [4.69, 9.17) is 12.2 Å². The maximum atomic E-state index is 5.43. The fraction of sp³-hybridized carbons (Fsp3) is 0.167. The number of benzene rings is 2. The molecule has 1 atom stereocenters. The number of azo groups is 1. The van der Waals surface area contributed by atoms with Crippen molar-refractivity contribution in [3.05, 3.63) is 78.9 Å². The predicted octanol–water partition coefficient (Wildman–Crippen LogP) is 4.76. The summed E-state index contributed by atoms with van der Waals surface area (Å²) in [4.78, 5) is 2.04. The second-order valence-electron chi connectivity index (χ2n) is 5.29. The number of thiocarbonyl (C=S) groups is 1. The Labute approximate surface area is 136 Å². The van der Waals surface area contributed by atoms with Gasteiger partial charge in [-0.25, -0.2) is 0 Å². The van der Waals surface area contributed by atoms with E-state index < -0.39 is 5.66 Å². The summed E-state index contributed by atoms with van der Waals surface area (Å²) in [6, 6.07) is 20.3. The summed E-state index contributed by atoms with van der Waals surface area (Å²) in [7, 11) is 0. The van der Waals surface area contributed by atoms with Gasteiger partial charge in [-0.1, -0.05) is 54.6 Å². The lowest BCUT2D eigenvalue weighted by Gasteiger charge is -2.35. The molecule has 3 nitrogen and oxygen atoms in total. The van der Waals surface area contributed by atoms with Gasteiger partial charge in [0.05, 0.1) is 0 Å². The van der Waals surface area contributed by atoms with Gasteiger partial charge in [-0.3, -0.25) is 4.90 Å². The van der Waals surface area contributed by atoms with Crippen molar-refractivity contribution in [2.45, 2.75) is 18.5 Å². The second-order valence-corrected chi connectivity index (χ2v) is 5.66. The molecule has 0 aromatic heterocycles. The number of para-hydroxylation sites is 1. The van der Waals surface area contributed by atoms with Crippen molar-refractivity contribution in [3.63, 3.8) is 0 Å². The molecule has 0 bridgehead atoms. The molecule has 22 heavy (non-hydrogen) atoms. The van der Waals surface area contributed by atoms with Gasteiger partial charge in [0.1, 0.15) is 0 Å². The number of hydrogen-bond donors (Lipinski definition) is 0. The summed E-state index contributed by atoms with van der Waals surface area (Å²) in [6.07, 6.45) is 3.30. The van der Waals surface area contributed by atoms with Crippen molar-refractivity contribution in [2.75, 3.05) is 4.90 Å². The standard InChI is InChI=1S/C18H17N3S/c1-2-13-18(14-15-9-5-3-6-10-15)20-19-17(22)21(18)16-11-7-4-8-12-16/h2-12H,1,13-14H2. The first-order chi connectivity index (χ1) is 10.7. The lowest BCUT2D eigenvalue weighted by Crippen LogP contribution is -2.47. The normalized spacial score (nSPS) is 20.4. The Kier molecular flexibility index (Phi) is 4.11. The van der Waals surface area contributed by atoms with Crippen molar-refractivity contribution >= 4 is 23.0 Å². The lowest BCUT2D eigenvalue weighted by molar-refractivity contribution is 0.450. The highest BCUT2D eigenvalue weighted by Crippen LogP contribution is 2.37. The van der Waals surface area contributed by atoms with Crippen molar-refractivity contribution in [1.29, 1.82) is 0 Å². The minimum atomic E-state index is -0.526. The van der Waals surface area contributed by atoms with E-state index >= 15 is 0 Å². The fourth-order valence-electron chi connectivity index (χ4n) is 2.80. The predicted molar refractivity (Wildman–Crippen MR) is 94.1 cm³/mol. The van der Waals surface area contributed by atoms with Crippen molar-refractivity contribution in [1.82, 2.24) is 0 Å².